The van der Waals surface area contributed by atoms with E-state index in [0.717, 1.165) is 16.9 Å². The van der Waals surface area contributed by atoms with Crippen LogP contribution >= 0.6 is 0 Å². The third kappa shape index (κ3) is 0.885. The molecule has 4 nitrogen and oxygen atoms in total. The molecule has 0 bridgehead atoms. The number of nitrogens with zero attached hydrogens (tertiary/aromatic N) is 2. The summed E-state index contributed by atoms with van der Waals surface area (Å²) < 4.78 is 0. The molecule has 0 spiro atoms. The number of hydrazine groups is 1. The van der Waals surface area contributed by atoms with Gasteiger partial charge in [-0.05, 0) is 6.07 Å². The third-order valence-corrected chi connectivity index (χ3v) is 2.54. The van der Waals surface area contributed by atoms with Crippen molar-refractivity contribution in [3.8, 4) is 0 Å². The van der Waals surface area contributed by atoms with Crippen LogP contribution in [0, 0.1) is 0 Å². The quantitative estimate of drug-likeness (QED) is 0.592. The van der Waals surface area contributed by atoms with Gasteiger partial charge in [0.1, 0.15) is 6.04 Å². The maximum absolute atomic E-state index is 5.86. The molecule has 14 heavy (non-hydrogen) atoms. The van der Waals surface area contributed by atoms with Gasteiger partial charge in [0.15, 0.2) is 0 Å². The summed E-state index contributed by atoms with van der Waals surface area (Å²) in [6, 6.07) is 8.13. The van der Waals surface area contributed by atoms with Gasteiger partial charge in [-0.25, -0.2) is 5.84 Å². The van der Waals surface area contributed by atoms with Gasteiger partial charge in [-0.3, -0.25) is 10.0 Å². The van der Waals surface area contributed by atoms with E-state index in [4.69, 9.17) is 5.84 Å². The Morgan fingerprint density at radius 1 is 1.36 bits per heavy atom. The molecule has 0 radical (unpaired) electrons. The highest BCUT2D eigenvalue weighted by Crippen LogP contribution is 2.37. The molecule has 0 saturated carbocycles. The van der Waals surface area contributed by atoms with E-state index in [1.807, 2.05) is 24.4 Å². The lowest BCUT2D eigenvalue weighted by molar-refractivity contribution is 0.808. The van der Waals surface area contributed by atoms with E-state index in [1.165, 1.54) is 0 Å². The number of rotatable bonds is 0. The van der Waals surface area contributed by atoms with E-state index < -0.39 is 0 Å². The predicted molar refractivity (Wildman–Crippen MR) is 55.6 cm³/mol. The fraction of sp³-hybridized carbons (Fsp3) is 0.100. The summed E-state index contributed by atoms with van der Waals surface area (Å²) in [6.07, 6.45) is 3.59. The van der Waals surface area contributed by atoms with Crippen molar-refractivity contribution in [2.45, 2.75) is 6.04 Å². The minimum absolute atomic E-state index is 0.103. The molecular weight excluding hydrogens is 176 g/mol. The summed E-state index contributed by atoms with van der Waals surface area (Å²) in [7, 11) is 0. The van der Waals surface area contributed by atoms with Crippen molar-refractivity contribution >= 4 is 12.0 Å². The summed E-state index contributed by atoms with van der Waals surface area (Å²) in [4.78, 5) is 4.35. The number of nitrogens with one attached hydrogen (secondary N) is 1. The van der Waals surface area contributed by atoms with Crippen LogP contribution in [0.15, 0.2) is 41.2 Å². The van der Waals surface area contributed by atoms with Gasteiger partial charge in [0, 0.05) is 11.8 Å². The summed E-state index contributed by atoms with van der Waals surface area (Å²) in [5.74, 6) is 5.86. The maximum atomic E-state index is 5.86. The number of para-hydroxylation sites is 1. The van der Waals surface area contributed by atoms with Crippen LogP contribution in [0.4, 0.5) is 5.69 Å². The molecule has 0 amide bonds. The highest BCUT2D eigenvalue weighted by molar-refractivity contribution is 5.70. The lowest BCUT2D eigenvalue weighted by Crippen LogP contribution is -2.31. The zero-order chi connectivity index (χ0) is 9.54. The largest absolute Gasteiger partial charge is 0.347 e. The van der Waals surface area contributed by atoms with Gasteiger partial charge in [0.25, 0.3) is 0 Å². The standard InChI is InChI=1S/C10H10N4/c11-14-5-8-10(13-6-12-8)7-3-1-2-4-9(7)14/h1-6,10H,11H2,(H,12,13). The van der Waals surface area contributed by atoms with E-state index in [1.54, 1.807) is 11.3 Å². The minimum Gasteiger partial charge on any atom is -0.347 e. The molecule has 1 atom stereocenters. The Morgan fingerprint density at radius 3 is 3.14 bits per heavy atom. The van der Waals surface area contributed by atoms with Crippen LogP contribution in [0.2, 0.25) is 0 Å². The van der Waals surface area contributed by atoms with E-state index in [0.29, 0.717) is 0 Å². The van der Waals surface area contributed by atoms with Crippen LogP contribution in [0.3, 0.4) is 0 Å². The monoisotopic (exact) mass is 186 g/mol. The first-order valence-electron chi connectivity index (χ1n) is 4.49. The Bertz CT molecular complexity index is 436. The van der Waals surface area contributed by atoms with Crippen LogP contribution in [-0.4, -0.2) is 6.34 Å². The van der Waals surface area contributed by atoms with E-state index in [-0.39, 0.29) is 6.04 Å². The lowest BCUT2D eigenvalue weighted by Gasteiger charge is -2.26. The second-order valence-electron chi connectivity index (χ2n) is 3.38. The molecule has 70 valence electrons. The van der Waals surface area contributed by atoms with Crippen molar-refractivity contribution < 1.29 is 0 Å². The summed E-state index contributed by atoms with van der Waals surface area (Å²) in [6.45, 7) is 0. The predicted octanol–water partition coefficient (Wildman–Crippen LogP) is 0.894. The third-order valence-electron chi connectivity index (χ3n) is 2.54. The van der Waals surface area contributed by atoms with Gasteiger partial charge in [0.05, 0.1) is 17.7 Å². The topological polar surface area (TPSA) is 53.6 Å². The van der Waals surface area contributed by atoms with Crippen molar-refractivity contribution in [3.63, 3.8) is 0 Å². The van der Waals surface area contributed by atoms with Gasteiger partial charge >= 0.3 is 0 Å². The average Bonchev–Trinajstić information content (AvgIpc) is 2.66. The molecule has 3 rings (SSSR count). The zero-order valence-corrected chi connectivity index (χ0v) is 7.51. The molecule has 2 aliphatic rings. The molecule has 3 N–H and O–H groups in total. The fourth-order valence-electron chi connectivity index (χ4n) is 1.87. The molecule has 0 aromatic heterocycles. The molecule has 2 aliphatic heterocycles. The molecule has 4 heteroatoms. The molecule has 0 aliphatic carbocycles. The maximum Gasteiger partial charge on any atom is 0.120 e. The Kier molecular flexibility index (Phi) is 1.40. The van der Waals surface area contributed by atoms with Crippen LogP contribution < -0.4 is 16.2 Å². The Labute approximate surface area is 81.7 Å². The number of hydrogen-bond acceptors (Lipinski definition) is 4. The van der Waals surface area contributed by atoms with E-state index >= 15 is 0 Å². The van der Waals surface area contributed by atoms with Gasteiger partial charge in [-0.15, -0.1) is 0 Å². The summed E-state index contributed by atoms with van der Waals surface area (Å²) in [5.41, 5.74) is 3.20. The van der Waals surface area contributed by atoms with Gasteiger partial charge in [0.2, 0.25) is 0 Å². The average molecular weight is 186 g/mol. The number of benzene rings is 1. The SMILES string of the molecule is NN1C=C2NC=NC2c2ccccc21. The number of hydrogen-bond donors (Lipinski definition) is 2. The van der Waals surface area contributed by atoms with E-state index in [2.05, 4.69) is 16.4 Å². The van der Waals surface area contributed by atoms with Gasteiger partial charge in [-0.1, -0.05) is 18.2 Å². The first kappa shape index (κ1) is 7.58. The van der Waals surface area contributed by atoms with Crippen LogP contribution in [-0.2, 0) is 0 Å². The normalized spacial score (nSPS) is 22.5. The van der Waals surface area contributed by atoms with Gasteiger partial charge < -0.3 is 5.32 Å². The highest BCUT2D eigenvalue weighted by atomic mass is 15.4. The lowest BCUT2D eigenvalue weighted by atomic mass is 10.0. The molecule has 0 saturated heterocycles. The summed E-state index contributed by atoms with van der Waals surface area (Å²) in [5, 5.41) is 4.71. The Hall–Kier alpha value is -1.81. The molecule has 1 unspecified atom stereocenters. The fourth-order valence-corrected chi connectivity index (χ4v) is 1.87. The van der Waals surface area contributed by atoms with E-state index in [9.17, 15) is 0 Å². The smallest absolute Gasteiger partial charge is 0.120 e. The van der Waals surface area contributed by atoms with Crippen LogP contribution in [0.5, 0.6) is 0 Å². The van der Waals surface area contributed by atoms with Crippen molar-refractivity contribution in [2.75, 3.05) is 5.01 Å². The van der Waals surface area contributed by atoms with Crippen molar-refractivity contribution in [1.82, 2.24) is 5.32 Å². The highest BCUT2D eigenvalue weighted by Gasteiger charge is 2.27. The van der Waals surface area contributed by atoms with Crippen molar-refractivity contribution in [1.29, 1.82) is 0 Å². The first-order valence-corrected chi connectivity index (χ1v) is 4.49. The molecular formula is C10H10N4. The molecule has 0 fully saturated rings. The minimum atomic E-state index is 0.103. The molecule has 1 aromatic rings. The number of aliphatic imine (C=N–C) groups is 1. The molecule has 1 aromatic carbocycles. The Balaban J connectivity index is 2.20. The van der Waals surface area contributed by atoms with Crippen LogP contribution in [0.1, 0.15) is 11.6 Å². The second-order valence-corrected chi connectivity index (χ2v) is 3.38. The van der Waals surface area contributed by atoms with Crippen LogP contribution in [0.25, 0.3) is 0 Å². The zero-order valence-electron chi connectivity index (χ0n) is 7.51. The van der Waals surface area contributed by atoms with Gasteiger partial charge in [-0.2, -0.15) is 0 Å². The first-order chi connectivity index (χ1) is 6.86. The molecule has 2 heterocycles. The summed E-state index contributed by atoms with van der Waals surface area (Å²) >= 11 is 0. The number of fused-ring (bicyclic) bond motifs is 3. The van der Waals surface area contributed by atoms with Crippen molar-refractivity contribution in [2.24, 2.45) is 10.8 Å². The Morgan fingerprint density at radius 2 is 2.21 bits per heavy atom. The number of nitrogens with two attached hydrogens (primary N) is 1. The number of anilines is 1. The van der Waals surface area contributed by atoms with Crippen molar-refractivity contribution in [3.05, 3.63) is 41.7 Å². The second kappa shape index (κ2) is 2.59.